The van der Waals surface area contributed by atoms with E-state index in [-0.39, 0.29) is 17.5 Å². The lowest BCUT2D eigenvalue weighted by Gasteiger charge is -2.19. The Hall–Kier alpha value is -2.86. The number of sulfonamides is 1. The lowest BCUT2D eigenvalue weighted by Crippen LogP contribution is -2.27. The van der Waals surface area contributed by atoms with Crippen molar-refractivity contribution in [3.05, 3.63) is 48.5 Å². The van der Waals surface area contributed by atoms with Gasteiger partial charge in [-0.05, 0) is 43.7 Å². The second kappa shape index (κ2) is 12.0. The minimum Gasteiger partial charge on any atom is -0.383 e. The monoisotopic (exact) mass is 488 g/mol. The van der Waals surface area contributed by atoms with E-state index in [2.05, 4.69) is 43.4 Å². The number of benzene rings is 1. The second-order valence-corrected chi connectivity index (χ2v) is 9.56. The van der Waals surface area contributed by atoms with Crippen LogP contribution in [0, 0.1) is 0 Å². The zero-order valence-electron chi connectivity index (χ0n) is 20.0. The molecule has 2 heterocycles. The first-order valence-corrected chi connectivity index (χ1v) is 12.6. The lowest BCUT2D eigenvalue weighted by atomic mass is 10.2. The van der Waals surface area contributed by atoms with E-state index in [1.807, 2.05) is 12.3 Å². The molecule has 34 heavy (non-hydrogen) atoms. The van der Waals surface area contributed by atoms with Crippen LogP contribution in [0.15, 0.2) is 47.6 Å². The van der Waals surface area contributed by atoms with Crippen LogP contribution in [0.3, 0.4) is 0 Å². The molecular formula is C23H32N6O4S. The van der Waals surface area contributed by atoms with E-state index in [1.165, 1.54) is 19.2 Å². The van der Waals surface area contributed by atoms with Gasteiger partial charge in [-0.2, -0.15) is 0 Å². The highest BCUT2D eigenvalue weighted by molar-refractivity contribution is 7.89. The third kappa shape index (κ3) is 6.38. The van der Waals surface area contributed by atoms with Crippen LogP contribution < -0.4 is 10.0 Å². The Morgan fingerprint density at radius 2 is 1.85 bits per heavy atom. The van der Waals surface area contributed by atoms with Crippen LogP contribution in [-0.4, -0.2) is 61.9 Å². The van der Waals surface area contributed by atoms with Gasteiger partial charge in [0.05, 0.1) is 41.7 Å². The molecule has 0 aliphatic heterocycles. The smallest absolute Gasteiger partial charge is 0.240 e. The molecule has 3 rings (SSSR count). The molecule has 2 aromatic heterocycles. The summed E-state index contributed by atoms with van der Waals surface area (Å²) in [6.45, 7) is 5.28. The number of aromatic nitrogens is 4. The van der Waals surface area contributed by atoms with Crippen molar-refractivity contribution in [3.63, 3.8) is 0 Å². The molecule has 0 fully saturated rings. The Balaban J connectivity index is 1.81. The first-order chi connectivity index (χ1) is 16.4. The molecule has 0 bridgehead atoms. The van der Waals surface area contributed by atoms with Gasteiger partial charge in [0, 0.05) is 39.1 Å². The standard InChI is InChI=1S/C23H32N6O4S/c1-5-6-22-25-15-21(29(22)17(2)16-33-4)20-11-12-24-23(28-20)27-18-7-9-19(10-8-18)34(30,31)26-13-14-32-3/h7-12,15,17,26H,5-6,13-14,16H2,1-4H3,(H,24,27,28). The summed E-state index contributed by atoms with van der Waals surface area (Å²) in [6, 6.07) is 8.34. The van der Waals surface area contributed by atoms with Gasteiger partial charge in [-0.15, -0.1) is 0 Å². The van der Waals surface area contributed by atoms with Crippen molar-refractivity contribution in [2.75, 3.05) is 39.3 Å². The second-order valence-electron chi connectivity index (χ2n) is 7.79. The first kappa shape index (κ1) is 25.8. The molecule has 0 radical (unpaired) electrons. The number of hydrogen-bond donors (Lipinski definition) is 2. The van der Waals surface area contributed by atoms with Gasteiger partial charge in [0.15, 0.2) is 0 Å². The van der Waals surface area contributed by atoms with Crippen LogP contribution in [0.5, 0.6) is 0 Å². The molecule has 3 aromatic rings. The number of anilines is 2. The Bertz CT molecular complexity index is 1160. The summed E-state index contributed by atoms with van der Waals surface area (Å²) in [6.07, 6.45) is 5.36. The number of hydrogen-bond acceptors (Lipinski definition) is 8. The molecule has 0 aliphatic carbocycles. The zero-order valence-corrected chi connectivity index (χ0v) is 20.8. The van der Waals surface area contributed by atoms with Gasteiger partial charge in [0.2, 0.25) is 16.0 Å². The van der Waals surface area contributed by atoms with Crippen molar-refractivity contribution in [1.29, 1.82) is 0 Å². The molecule has 1 unspecified atom stereocenters. The average Bonchev–Trinajstić information content (AvgIpc) is 3.24. The summed E-state index contributed by atoms with van der Waals surface area (Å²) in [7, 11) is -0.390. The summed E-state index contributed by atoms with van der Waals surface area (Å²) in [4.78, 5) is 13.8. The van der Waals surface area contributed by atoms with Gasteiger partial charge in [-0.3, -0.25) is 0 Å². The quantitative estimate of drug-likeness (QED) is 0.352. The van der Waals surface area contributed by atoms with E-state index in [0.717, 1.165) is 30.1 Å². The number of nitrogens with one attached hydrogen (secondary N) is 2. The van der Waals surface area contributed by atoms with Crippen LogP contribution in [0.1, 0.15) is 32.1 Å². The van der Waals surface area contributed by atoms with E-state index >= 15 is 0 Å². The van der Waals surface area contributed by atoms with Crippen LogP contribution in [0.4, 0.5) is 11.6 Å². The maximum atomic E-state index is 12.3. The highest BCUT2D eigenvalue weighted by Crippen LogP contribution is 2.26. The maximum absolute atomic E-state index is 12.3. The van der Waals surface area contributed by atoms with Crippen molar-refractivity contribution < 1.29 is 17.9 Å². The van der Waals surface area contributed by atoms with Gasteiger partial charge in [0.25, 0.3) is 0 Å². The molecule has 0 saturated carbocycles. The summed E-state index contributed by atoms with van der Waals surface area (Å²) >= 11 is 0. The molecule has 1 atom stereocenters. The van der Waals surface area contributed by atoms with Gasteiger partial charge >= 0.3 is 0 Å². The van der Waals surface area contributed by atoms with Gasteiger partial charge in [-0.1, -0.05) is 6.92 Å². The number of imidazole rings is 1. The topological polar surface area (TPSA) is 120 Å². The number of rotatable bonds is 13. The fourth-order valence-corrected chi connectivity index (χ4v) is 4.59. The number of aryl methyl sites for hydroxylation is 1. The van der Waals surface area contributed by atoms with E-state index in [0.29, 0.717) is 24.8 Å². The van der Waals surface area contributed by atoms with Gasteiger partial charge < -0.3 is 19.4 Å². The predicted octanol–water partition coefficient (Wildman–Crippen LogP) is 3.17. The largest absolute Gasteiger partial charge is 0.383 e. The number of nitrogens with zero attached hydrogens (tertiary/aromatic N) is 4. The summed E-state index contributed by atoms with van der Waals surface area (Å²) < 4.78 is 39.6. The van der Waals surface area contributed by atoms with Crippen molar-refractivity contribution in [3.8, 4) is 11.4 Å². The van der Waals surface area contributed by atoms with E-state index in [9.17, 15) is 8.42 Å². The summed E-state index contributed by atoms with van der Waals surface area (Å²) in [5.74, 6) is 1.39. The molecule has 0 saturated heterocycles. The Labute approximate surface area is 200 Å². The summed E-state index contributed by atoms with van der Waals surface area (Å²) in [5.41, 5.74) is 2.29. The van der Waals surface area contributed by atoms with E-state index in [1.54, 1.807) is 25.4 Å². The van der Waals surface area contributed by atoms with Crippen molar-refractivity contribution in [2.24, 2.45) is 0 Å². The van der Waals surface area contributed by atoms with Crippen molar-refractivity contribution in [2.45, 2.75) is 37.6 Å². The highest BCUT2D eigenvalue weighted by atomic mass is 32.2. The fourth-order valence-electron chi connectivity index (χ4n) is 3.57. The number of methoxy groups -OCH3 is 2. The molecule has 0 aliphatic rings. The zero-order chi connectivity index (χ0) is 24.6. The fraction of sp³-hybridized carbons (Fsp3) is 0.435. The van der Waals surface area contributed by atoms with Gasteiger partial charge in [0.1, 0.15) is 5.82 Å². The molecule has 1 aromatic carbocycles. The minimum atomic E-state index is -3.59. The van der Waals surface area contributed by atoms with Crippen molar-refractivity contribution in [1.82, 2.24) is 24.2 Å². The predicted molar refractivity (Wildman–Crippen MR) is 131 cm³/mol. The Kier molecular flexibility index (Phi) is 9.11. The van der Waals surface area contributed by atoms with Crippen LogP contribution in [0.25, 0.3) is 11.4 Å². The van der Waals surface area contributed by atoms with Gasteiger partial charge in [-0.25, -0.2) is 28.1 Å². The molecule has 11 heteroatoms. The SMILES string of the molecule is CCCc1ncc(-c2ccnc(Nc3ccc(S(=O)(=O)NCCOC)cc3)n2)n1C(C)COC. The Morgan fingerprint density at radius 1 is 1.09 bits per heavy atom. The maximum Gasteiger partial charge on any atom is 0.240 e. The molecule has 10 nitrogen and oxygen atoms in total. The molecule has 0 spiro atoms. The van der Waals surface area contributed by atoms with Crippen molar-refractivity contribution >= 4 is 21.7 Å². The van der Waals surface area contributed by atoms with E-state index in [4.69, 9.17) is 9.47 Å². The Morgan fingerprint density at radius 3 is 2.53 bits per heavy atom. The molecule has 2 N–H and O–H groups in total. The van der Waals surface area contributed by atoms with Crippen LogP contribution >= 0.6 is 0 Å². The van der Waals surface area contributed by atoms with Crippen LogP contribution in [-0.2, 0) is 25.9 Å². The third-order valence-electron chi connectivity index (χ3n) is 5.13. The molecule has 0 amide bonds. The number of ether oxygens (including phenoxy) is 2. The normalized spacial score (nSPS) is 12.6. The lowest BCUT2D eigenvalue weighted by molar-refractivity contribution is 0.161. The third-order valence-corrected chi connectivity index (χ3v) is 6.61. The van der Waals surface area contributed by atoms with E-state index < -0.39 is 10.0 Å². The van der Waals surface area contributed by atoms with Crippen LogP contribution in [0.2, 0.25) is 0 Å². The average molecular weight is 489 g/mol. The molecule has 184 valence electrons. The first-order valence-electron chi connectivity index (χ1n) is 11.1. The summed E-state index contributed by atoms with van der Waals surface area (Å²) in [5, 5.41) is 3.14. The highest BCUT2D eigenvalue weighted by Gasteiger charge is 2.18. The molecular weight excluding hydrogens is 456 g/mol. The minimum absolute atomic E-state index is 0.0995.